The standard InChI is InChI=1S/C12H16N4O/c1-13-11-2-3-12(14-10-11)16-6-4-15(5-7-16)8-9-17/h2-3,10,17H,4-9H2. The molecule has 0 aromatic carbocycles. The van der Waals surface area contributed by atoms with E-state index in [1.165, 1.54) is 0 Å². The topological polar surface area (TPSA) is 44.0 Å². The molecule has 1 aromatic rings. The summed E-state index contributed by atoms with van der Waals surface area (Å²) in [5.41, 5.74) is 0.577. The SMILES string of the molecule is [C-]#[N+]c1ccc(N2CCN(CCO)CC2)nc1. The molecule has 0 radical (unpaired) electrons. The molecule has 1 saturated heterocycles. The summed E-state index contributed by atoms with van der Waals surface area (Å²) < 4.78 is 0. The highest BCUT2D eigenvalue weighted by molar-refractivity contribution is 5.49. The number of rotatable bonds is 3. The van der Waals surface area contributed by atoms with Gasteiger partial charge in [0.2, 0.25) is 5.69 Å². The maximum Gasteiger partial charge on any atom is 0.205 e. The predicted octanol–water partition coefficient (Wildman–Crippen LogP) is 0.747. The van der Waals surface area contributed by atoms with Gasteiger partial charge in [-0.1, -0.05) is 6.07 Å². The van der Waals surface area contributed by atoms with Crippen LogP contribution in [0.5, 0.6) is 0 Å². The third-order valence-electron chi connectivity index (χ3n) is 2.97. The molecule has 2 rings (SSSR count). The zero-order valence-electron chi connectivity index (χ0n) is 9.71. The van der Waals surface area contributed by atoms with Gasteiger partial charge in [0.25, 0.3) is 0 Å². The molecule has 0 spiro atoms. The first kappa shape index (κ1) is 11.8. The number of aromatic nitrogens is 1. The van der Waals surface area contributed by atoms with Crippen molar-refractivity contribution in [2.75, 3.05) is 44.2 Å². The van der Waals surface area contributed by atoms with Gasteiger partial charge in [0.15, 0.2) is 0 Å². The third kappa shape index (κ3) is 2.93. The maximum absolute atomic E-state index is 8.86. The largest absolute Gasteiger partial charge is 0.395 e. The molecule has 0 saturated carbocycles. The zero-order chi connectivity index (χ0) is 12.1. The van der Waals surface area contributed by atoms with E-state index in [9.17, 15) is 0 Å². The smallest absolute Gasteiger partial charge is 0.205 e. The van der Waals surface area contributed by atoms with E-state index >= 15 is 0 Å². The Bertz CT molecular complexity index is 390. The molecule has 1 fully saturated rings. The molecule has 2 heterocycles. The number of pyridine rings is 1. The first-order valence-electron chi connectivity index (χ1n) is 5.75. The molecule has 0 aliphatic carbocycles. The van der Waals surface area contributed by atoms with Crippen LogP contribution in [0.25, 0.3) is 4.85 Å². The Balaban J connectivity index is 1.94. The Morgan fingerprint density at radius 2 is 2.06 bits per heavy atom. The molecule has 0 amide bonds. The van der Waals surface area contributed by atoms with Gasteiger partial charge in [0.05, 0.1) is 13.2 Å². The lowest BCUT2D eigenvalue weighted by atomic mass is 10.3. The predicted molar refractivity (Wildman–Crippen MR) is 66.2 cm³/mol. The Morgan fingerprint density at radius 3 is 2.59 bits per heavy atom. The van der Waals surface area contributed by atoms with Gasteiger partial charge in [-0.15, -0.1) is 0 Å². The van der Waals surface area contributed by atoms with E-state index in [0.717, 1.165) is 38.5 Å². The van der Waals surface area contributed by atoms with Crippen LogP contribution in [-0.4, -0.2) is 54.3 Å². The van der Waals surface area contributed by atoms with Crippen LogP contribution in [0.1, 0.15) is 0 Å². The van der Waals surface area contributed by atoms with Gasteiger partial charge in [-0.25, -0.2) is 4.85 Å². The van der Waals surface area contributed by atoms with Crippen molar-refractivity contribution < 1.29 is 5.11 Å². The Hall–Kier alpha value is -1.64. The average molecular weight is 232 g/mol. The minimum Gasteiger partial charge on any atom is -0.395 e. The summed E-state index contributed by atoms with van der Waals surface area (Å²) in [5.74, 6) is 0.932. The van der Waals surface area contributed by atoms with E-state index in [1.807, 2.05) is 6.07 Å². The average Bonchev–Trinajstić information content (AvgIpc) is 2.40. The minimum atomic E-state index is 0.220. The molecule has 0 atom stereocenters. The van der Waals surface area contributed by atoms with E-state index < -0.39 is 0 Å². The fourth-order valence-corrected chi connectivity index (χ4v) is 1.97. The van der Waals surface area contributed by atoms with E-state index in [-0.39, 0.29) is 6.61 Å². The Morgan fingerprint density at radius 1 is 1.29 bits per heavy atom. The molecule has 1 aliphatic heterocycles. The number of anilines is 1. The summed E-state index contributed by atoms with van der Waals surface area (Å²) in [5, 5.41) is 8.86. The first-order valence-corrected chi connectivity index (χ1v) is 5.75. The molecular weight excluding hydrogens is 216 g/mol. The van der Waals surface area contributed by atoms with E-state index in [0.29, 0.717) is 5.69 Å². The molecule has 1 aromatic heterocycles. The molecule has 1 N–H and O–H groups in total. The van der Waals surface area contributed by atoms with Crippen molar-refractivity contribution in [3.8, 4) is 0 Å². The highest BCUT2D eigenvalue weighted by Gasteiger charge is 2.17. The molecular formula is C12H16N4O. The van der Waals surface area contributed by atoms with Crippen molar-refractivity contribution >= 4 is 11.5 Å². The van der Waals surface area contributed by atoms with Crippen LogP contribution in [0, 0.1) is 6.57 Å². The summed E-state index contributed by atoms with van der Waals surface area (Å²) in [6, 6.07) is 3.70. The number of nitrogens with zero attached hydrogens (tertiary/aromatic N) is 4. The summed E-state index contributed by atoms with van der Waals surface area (Å²) >= 11 is 0. The molecule has 90 valence electrons. The van der Waals surface area contributed by atoms with E-state index in [4.69, 9.17) is 11.7 Å². The lowest BCUT2D eigenvalue weighted by Gasteiger charge is -2.35. The number of piperazine rings is 1. The number of aliphatic hydroxyl groups is 1. The molecule has 17 heavy (non-hydrogen) atoms. The van der Waals surface area contributed by atoms with Crippen molar-refractivity contribution in [1.29, 1.82) is 0 Å². The number of aliphatic hydroxyl groups excluding tert-OH is 1. The zero-order valence-corrected chi connectivity index (χ0v) is 9.71. The Kier molecular flexibility index (Phi) is 3.91. The van der Waals surface area contributed by atoms with Crippen molar-refractivity contribution in [3.05, 3.63) is 29.7 Å². The fourth-order valence-electron chi connectivity index (χ4n) is 1.97. The van der Waals surface area contributed by atoms with Crippen LogP contribution in [0.4, 0.5) is 11.5 Å². The summed E-state index contributed by atoms with van der Waals surface area (Å²) in [4.78, 5) is 12.1. The summed E-state index contributed by atoms with van der Waals surface area (Å²) in [7, 11) is 0. The van der Waals surface area contributed by atoms with Crippen molar-refractivity contribution in [3.63, 3.8) is 0 Å². The molecule has 0 bridgehead atoms. The second kappa shape index (κ2) is 5.62. The highest BCUT2D eigenvalue weighted by atomic mass is 16.3. The molecule has 5 heteroatoms. The van der Waals surface area contributed by atoms with Crippen molar-refractivity contribution in [2.24, 2.45) is 0 Å². The second-order valence-corrected chi connectivity index (χ2v) is 4.04. The van der Waals surface area contributed by atoms with E-state index in [1.54, 1.807) is 12.3 Å². The normalized spacial score (nSPS) is 16.8. The lowest BCUT2D eigenvalue weighted by Crippen LogP contribution is -2.47. The van der Waals surface area contributed by atoms with Gasteiger partial charge < -0.3 is 10.0 Å². The quantitative estimate of drug-likeness (QED) is 0.781. The van der Waals surface area contributed by atoms with Gasteiger partial charge in [0.1, 0.15) is 5.82 Å². The van der Waals surface area contributed by atoms with Crippen LogP contribution in [-0.2, 0) is 0 Å². The van der Waals surface area contributed by atoms with Gasteiger partial charge in [0, 0.05) is 38.9 Å². The van der Waals surface area contributed by atoms with Crippen LogP contribution >= 0.6 is 0 Å². The number of hydrogen-bond donors (Lipinski definition) is 1. The molecule has 1 aliphatic rings. The van der Waals surface area contributed by atoms with Crippen LogP contribution in [0.15, 0.2) is 18.3 Å². The third-order valence-corrected chi connectivity index (χ3v) is 2.97. The fraction of sp³-hybridized carbons (Fsp3) is 0.500. The van der Waals surface area contributed by atoms with Crippen LogP contribution < -0.4 is 4.90 Å². The van der Waals surface area contributed by atoms with Gasteiger partial charge in [-0.3, -0.25) is 9.88 Å². The van der Waals surface area contributed by atoms with Crippen molar-refractivity contribution in [1.82, 2.24) is 9.88 Å². The Labute approximate surface area is 101 Å². The highest BCUT2D eigenvalue weighted by Crippen LogP contribution is 2.17. The van der Waals surface area contributed by atoms with Gasteiger partial charge in [-0.2, -0.15) is 0 Å². The monoisotopic (exact) mass is 232 g/mol. The second-order valence-electron chi connectivity index (χ2n) is 4.04. The van der Waals surface area contributed by atoms with Gasteiger partial charge >= 0.3 is 0 Å². The van der Waals surface area contributed by atoms with Crippen LogP contribution in [0.2, 0.25) is 0 Å². The summed E-state index contributed by atoms with van der Waals surface area (Å²) in [6.07, 6.45) is 1.61. The number of hydrogen-bond acceptors (Lipinski definition) is 4. The first-order chi connectivity index (χ1) is 8.33. The molecule has 0 unspecified atom stereocenters. The molecule has 5 nitrogen and oxygen atoms in total. The van der Waals surface area contributed by atoms with Crippen molar-refractivity contribution in [2.45, 2.75) is 0 Å². The number of β-amino-alcohol motifs (C(OH)–C–C–N with tert-alkyl or cyclic N) is 1. The van der Waals surface area contributed by atoms with Crippen LogP contribution in [0.3, 0.4) is 0 Å². The minimum absolute atomic E-state index is 0.220. The van der Waals surface area contributed by atoms with E-state index in [2.05, 4.69) is 19.6 Å². The lowest BCUT2D eigenvalue weighted by molar-refractivity contribution is 0.188. The maximum atomic E-state index is 8.86. The van der Waals surface area contributed by atoms with Gasteiger partial charge in [-0.05, 0) is 6.07 Å². The summed E-state index contributed by atoms with van der Waals surface area (Å²) in [6.45, 7) is 11.6.